The predicted octanol–water partition coefficient (Wildman–Crippen LogP) is 3.08. The highest BCUT2D eigenvalue weighted by Gasteiger charge is 2.12. The molecule has 0 aliphatic heterocycles. The van der Waals surface area contributed by atoms with Crippen LogP contribution in [0.3, 0.4) is 0 Å². The summed E-state index contributed by atoms with van der Waals surface area (Å²) in [5.74, 6) is 0. The van der Waals surface area contributed by atoms with Crippen LogP contribution in [0.25, 0.3) is 5.53 Å². The lowest BCUT2D eigenvalue weighted by Gasteiger charge is -2.23. The van der Waals surface area contributed by atoms with Gasteiger partial charge in [0.05, 0.1) is 5.56 Å². The number of hydrogen-bond acceptors (Lipinski definition) is 1. The summed E-state index contributed by atoms with van der Waals surface area (Å²) in [6.07, 6.45) is 8.05. The summed E-state index contributed by atoms with van der Waals surface area (Å²) in [5, 5.41) is 3.54. The van der Waals surface area contributed by atoms with Gasteiger partial charge in [-0.2, -0.15) is 4.79 Å². The van der Waals surface area contributed by atoms with E-state index >= 15 is 0 Å². The van der Waals surface area contributed by atoms with E-state index in [0.29, 0.717) is 6.04 Å². The van der Waals surface area contributed by atoms with Crippen molar-refractivity contribution >= 4 is 11.9 Å². The van der Waals surface area contributed by atoms with Gasteiger partial charge in [-0.15, -0.1) is 0 Å². The zero-order chi connectivity index (χ0) is 11.2. The maximum absolute atomic E-state index is 8.40. The summed E-state index contributed by atoms with van der Waals surface area (Å²) in [7, 11) is 0. The molecule has 0 heterocycles. The zero-order valence-corrected chi connectivity index (χ0v) is 9.39. The Labute approximate surface area is 96.1 Å². The van der Waals surface area contributed by atoms with E-state index in [1.165, 1.54) is 38.3 Å². The van der Waals surface area contributed by atoms with E-state index in [-0.39, 0.29) is 0 Å². The molecule has 1 aliphatic rings. The Morgan fingerprint density at radius 3 is 2.44 bits per heavy atom. The zero-order valence-electron chi connectivity index (χ0n) is 9.39. The fourth-order valence-corrected chi connectivity index (χ4v) is 2.21. The summed E-state index contributed by atoms with van der Waals surface area (Å²) >= 11 is 0. The van der Waals surface area contributed by atoms with Gasteiger partial charge < -0.3 is 10.8 Å². The number of nitrogens with one attached hydrogen (secondary N) is 1. The highest BCUT2D eigenvalue weighted by atomic mass is 14.9. The van der Waals surface area contributed by atoms with Crippen LogP contribution in [0.1, 0.15) is 37.7 Å². The molecule has 16 heavy (non-hydrogen) atoms. The lowest BCUT2D eigenvalue weighted by molar-refractivity contribution is 0.00456. The van der Waals surface area contributed by atoms with Crippen molar-refractivity contribution in [1.29, 1.82) is 0 Å². The Balaban J connectivity index is 1.96. The van der Waals surface area contributed by atoms with Crippen LogP contribution in [-0.4, -0.2) is 17.0 Å². The molecule has 0 aromatic heterocycles. The molecule has 1 saturated carbocycles. The summed E-state index contributed by atoms with van der Waals surface area (Å²) in [6.45, 7) is 0. The minimum Gasteiger partial charge on any atom is -0.382 e. The third kappa shape index (κ3) is 2.94. The normalized spacial score (nSPS) is 16.5. The maximum Gasteiger partial charge on any atom is 0.287 e. The van der Waals surface area contributed by atoms with Crippen molar-refractivity contribution in [2.45, 2.75) is 38.1 Å². The summed E-state index contributed by atoms with van der Waals surface area (Å²) in [5.41, 5.74) is 10.5. The first-order valence-corrected chi connectivity index (χ1v) is 5.92. The molecule has 0 saturated heterocycles. The SMILES string of the molecule is [N-]=[N+]=Cc1ccc(NC2CCCCC2)cc1. The van der Waals surface area contributed by atoms with E-state index in [0.717, 1.165) is 11.3 Å². The predicted molar refractivity (Wildman–Crippen MR) is 65.7 cm³/mol. The van der Waals surface area contributed by atoms with Crippen LogP contribution in [0.15, 0.2) is 24.3 Å². The van der Waals surface area contributed by atoms with E-state index in [9.17, 15) is 0 Å². The second kappa shape index (κ2) is 5.47. The van der Waals surface area contributed by atoms with Crippen LogP contribution in [0, 0.1) is 0 Å². The molecule has 1 aromatic rings. The molecule has 0 bridgehead atoms. The van der Waals surface area contributed by atoms with E-state index in [4.69, 9.17) is 5.53 Å². The smallest absolute Gasteiger partial charge is 0.287 e. The van der Waals surface area contributed by atoms with Crippen molar-refractivity contribution in [2.24, 2.45) is 0 Å². The van der Waals surface area contributed by atoms with Gasteiger partial charge in [0.15, 0.2) is 0 Å². The maximum atomic E-state index is 8.40. The fraction of sp³-hybridized carbons (Fsp3) is 0.462. The minimum absolute atomic E-state index is 0.631. The number of anilines is 1. The van der Waals surface area contributed by atoms with Crippen LogP contribution >= 0.6 is 0 Å². The second-order valence-electron chi connectivity index (χ2n) is 4.35. The van der Waals surface area contributed by atoms with E-state index < -0.39 is 0 Å². The Hall–Kier alpha value is -1.60. The average molecular weight is 215 g/mol. The number of benzene rings is 1. The van der Waals surface area contributed by atoms with Gasteiger partial charge in [-0.1, -0.05) is 19.3 Å². The fourth-order valence-electron chi connectivity index (χ4n) is 2.21. The molecule has 2 rings (SSSR count). The molecular formula is C13H17N3. The van der Waals surface area contributed by atoms with Crippen LogP contribution in [0.5, 0.6) is 0 Å². The third-order valence-electron chi connectivity index (χ3n) is 3.09. The largest absolute Gasteiger partial charge is 0.382 e. The Bertz CT molecular complexity index is 371. The molecule has 1 aliphatic carbocycles. The molecule has 0 radical (unpaired) electrons. The first-order chi connectivity index (χ1) is 7.88. The Morgan fingerprint density at radius 2 is 1.81 bits per heavy atom. The third-order valence-corrected chi connectivity index (χ3v) is 3.09. The van der Waals surface area contributed by atoms with E-state index in [1.54, 1.807) is 0 Å². The van der Waals surface area contributed by atoms with Crippen LogP contribution in [-0.2, 0) is 0 Å². The lowest BCUT2D eigenvalue weighted by atomic mass is 9.95. The van der Waals surface area contributed by atoms with Crippen LogP contribution in [0.2, 0.25) is 0 Å². The lowest BCUT2D eigenvalue weighted by Crippen LogP contribution is -2.22. The number of hydrogen-bond donors (Lipinski definition) is 1. The molecule has 1 N–H and O–H groups in total. The molecule has 0 amide bonds. The van der Waals surface area contributed by atoms with Gasteiger partial charge in [-0.25, -0.2) is 0 Å². The van der Waals surface area contributed by atoms with Gasteiger partial charge in [0.2, 0.25) is 0 Å². The Morgan fingerprint density at radius 1 is 1.12 bits per heavy atom. The second-order valence-corrected chi connectivity index (χ2v) is 4.35. The topological polar surface area (TPSA) is 48.4 Å². The number of nitrogens with zero attached hydrogens (tertiary/aromatic N) is 2. The van der Waals surface area contributed by atoms with Crippen molar-refractivity contribution in [1.82, 2.24) is 0 Å². The monoisotopic (exact) mass is 215 g/mol. The van der Waals surface area contributed by atoms with Crippen molar-refractivity contribution in [3.05, 3.63) is 35.4 Å². The van der Waals surface area contributed by atoms with Gasteiger partial charge >= 0.3 is 0 Å². The molecule has 3 heteroatoms. The molecule has 0 atom stereocenters. The summed E-state index contributed by atoms with van der Waals surface area (Å²) in [6, 6.07) is 8.60. The minimum atomic E-state index is 0.631. The summed E-state index contributed by atoms with van der Waals surface area (Å²) < 4.78 is 0. The molecule has 0 unspecified atom stereocenters. The van der Waals surface area contributed by atoms with Crippen LogP contribution in [0.4, 0.5) is 5.69 Å². The Kier molecular flexibility index (Phi) is 3.73. The van der Waals surface area contributed by atoms with E-state index in [1.807, 2.05) is 24.3 Å². The average Bonchev–Trinajstić information content (AvgIpc) is 2.33. The first-order valence-electron chi connectivity index (χ1n) is 5.92. The number of rotatable bonds is 3. The van der Waals surface area contributed by atoms with Crippen LogP contribution < -0.4 is 5.32 Å². The van der Waals surface area contributed by atoms with Crippen molar-refractivity contribution in [2.75, 3.05) is 5.32 Å². The molecule has 1 fully saturated rings. The first kappa shape index (κ1) is 10.9. The van der Waals surface area contributed by atoms with Gasteiger partial charge in [0.1, 0.15) is 0 Å². The summed E-state index contributed by atoms with van der Waals surface area (Å²) in [4.78, 5) is 3.01. The van der Waals surface area contributed by atoms with Crippen molar-refractivity contribution < 1.29 is 4.79 Å². The van der Waals surface area contributed by atoms with Gasteiger partial charge in [0, 0.05) is 11.7 Å². The van der Waals surface area contributed by atoms with Gasteiger partial charge in [0.25, 0.3) is 6.21 Å². The molecule has 0 spiro atoms. The van der Waals surface area contributed by atoms with Crippen molar-refractivity contribution in [3.8, 4) is 0 Å². The van der Waals surface area contributed by atoms with Gasteiger partial charge in [-0.05, 0) is 37.1 Å². The molecule has 3 nitrogen and oxygen atoms in total. The highest BCUT2D eigenvalue weighted by molar-refractivity contribution is 5.75. The van der Waals surface area contributed by atoms with Gasteiger partial charge in [-0.3, -0.25) is 0 Å². The van der Waals surface area contributed by atoms with Crippen molar-refractivity contribution in [3.63, 3.8) is 0 Å². The molecular weight excluding hydrogens is 198 g/mol. The highest BCUT2D eigenvalue weighted by Crippen LogP contribution is 2.21. The molecule has 1 aromatic carbocycles. The molecule has 84 valence electrons. The quantitative estimate of drug-likeness (QED) is 0.470. The van der Waals surface area contributed by atoms with E-state index in [2.05, 4.69) is 10.1 Å². The standard InChI is InChI=1S/C13H17N3/c14-15-10-11-6-8-13(9-7-11)16-12-4-2-1-3-5-12/h6-10,12,16H,1-5H2.